The molecule has 156 valence electrons. The molecular formula is C26H35FN2. The van der Waals surface area contributed by atoms with Gasteiger partial charge in [0.05, 0.1) is 0 Å². The Kier molecular flexibility index (Phi) is 6.67. The summed E-state index contributed by atoms with van der Waals surface area (Å²) in [5, 5.41) is 3.80. The van der Waals surface area contributed by atoms with E-state index in [4.69, 9.17) is 0 Å². The van der Waals surface area contributed by atoms with Gasteiger partial charge in [-0.3, -0.25) is 0 Å². The van der Waals surface area contributed by atoms with E-state index in [1.54, 1.807) is 12.1 Å². The molecule has 1 heterocycles. The van der Waals surface area contributed by atoms with Crippen LogP contribution >= 0.6 is 0 Å². The molecule has 0 atom stereocenters. The molecule has 1 N–H and O–H groups in total. The first-order chi connectivity index (χ1) is 14.1. The highest BCUT2D eigenvalue weighted by Gasteiger charge is 2.35. The minimum absolute atomic E-state index is 0.0714. The fourth-order valence-electron chi connectivity index (χ4n) is 5.28. The lowest BCUT2D eigenvalue weighted by Crippen LogP contribution is -2.44. The van der Waals surface area contributed by atoms with Crippen molar-refractivity contribution >= 4 is 0 Å². The van der Waals surface area contributed by atoms with E-state index in [9.17, 15) is 4.39 Å². The van der Waals surface area contributed by atoms with E-state index in [0.717, 1.165) is 43.7 Å². The highest BCUT2D eigenvalue weighted by Crippen LogP contribution is 2.38. The predicted molar refractivity (Wildman–Crippen MR) is 118 cm³/mol. The van der Waals surface area contributed by atoms with Crippen molar-refractivity contribution in [2.45, 2.75) is 63.5 Å². The van der Waals surface area contributed by atoms with Gasteiger partial charge in [-0.15, -0.1) is 0 Å². The highest BCUT2D eigenvalue weighted by atomic mass is 19.1. The van der Waals surface area contributed by atoms with Crippen LogP contribution in [0.15, 0.2) is 48.5 Å². The molecule has 2 aromatic carbocycles. The molecule has 3 heteroatoms. The van der Waals surface area contributed by atoms with Gasteiger partial charge in [-0.25, -0.2) is 4.39 Å². The van der Waals surface area contributed by atoms with Crippen LogP contribution in [0.2, 0.25) is 0 Å². The summed E-state index contributed by atoms with van der Waals surface area (Å²) in [6, 6.07) is 16.4. The van der Waals surface area contributed by atoms with Gasteiger partial charge in [0.25, 0.3) is 0 Å². The fourth-order valence-corrected chi connectivity index (χ4v) is 5.28. The quantitative estimate of drug-likeness (QED) is 0.680. The van der Waals surface area contributed by atoms with Crippen LogP contribution in [-0.4, -0.2) is 25.0 Å². The summed E-state index contributed by atoms with van der Waals surface area (Å²) in [4.78, 5) is 2.43. The van der Waals surface area contributed by atoms with Crippen molar-refractivity contribution in [1.29, 1.82) is 0 Å². The molecule has 2 aromatic rings. The predicted octanol–water partition coefficient (Wildman–Crippen LogP) is 5.66. The molecule has 0 unspecified atom stereocenters. The van der Waals surface area contributed by atoms with Gasteiger partial charge < -0.3 is 10.2 Å². The minimum atomic E-state index is -0.229. The van der Waals surface area contributed by atoms with Crippen LogP contribution in [0.5, 0.6) is 0 Å². The van der Waals surface area contributed by atoms with E-state index in [0.29, 0.717) is 0 Å². The van der Waals surface area contributed by atoms with Gasteiger partial charge in [0.1, 0.15) is 5.82 Å². The van der Waals surface area contributed by atoms with E-state index in [-0.39, 0.29) is 11.4 Å². The van der Waals surface area contributed by atoms with Gasteiger partial charge in [-0.2, -0.15) is 0 Å². The molecule has 1 saturated carbocycles. The van der Waals surface area contributed by atoms with Crippen LogP contribution in [-0.2, 0) is 18.5 Å². The number of nitrogens with zero attached hydrogens (tertiary/aromatic N) is 1. The number of rotatable bonds is 6. The molecule has 1 aliphatic carbocycles. The third-order valence-corrected chi connectivity index (χ3v) is 7.08. The SMILES string of the molecule is CN1CCC(Cc2cccc(CNC3(c4ccccc4F)CCCCC3)c2)CC1. The summed E-state index contributed by atoms with van der Waals surface area (Å²) in [5.74, 6) is 0.732. The molecule has 1 aliphatic heterocycles. The molecular weight excluding hydrogens is 359 g/mol. The summed E-state index contributed by atoms with van der Waals surface area (Å²) in [7, 11) is 2.22. The Bertz CT molecular complexity index is 789. The summed E-state index contributed by atoms with van der Waals surface area (Å²) in [5.41, 5.74) is 3.38. The molecule has 1 saturated heterocycles. The zero-order chi connectivity index (χ0) is 20.1. The second-order valence-electron chi connectivity index (χ2n) is 9.25. The molecule has 0 bridgehead atoms. The topological polar surface area (TPSA) is 15.3 Å². The van der Waals surface area contributed by atoms with Crippen LogP contribution in [0.1, 0.15) is 61.6 Å². The van der Waals surface area contributed by atoms with Crippen molar-refractivity contribution in [1.82, 2.24) is 10.2 Å². The average molecular weight is 395 g/mol. The summed E-state index contributed by atoms with van der Waals surface area (Å²) in [6.45, 7) is 3.24. The Balaban J connectivity index is 1.45. The molecule has 0 amide bonds. The van der Waals surface area contributed by atoms with Gasteiger partial charge in [-0.1, -0.05) is 61.7 Å². The van der Waals surface area contributed by atoms with E-state index in [1.807, 2.05) is 12.1 Å². The molecule has 29 heavy (non-hydrogen) atoms. The van der Waals surface area contributed by atoms with E-state index < -0.39 is 0 Å². The Morgan fingerprint density at radius 1 is 0.966 bits per heavy atom. The minimum Gasteiger partial charge on any atom is -0.306 e. The molecule has 0 spiro atoms. The number of piperidine rings is 1. The number of hydrogen-bond acceptors (Lipinski definition) is 2. The van der Waals surface area contributed by atoms with Crippen molar-refractivity contribution in [2.24, 2.45) is 5.92 Å². The number of nitrogens with one attached hydrogen (secondary N) is 1. The zero-order valence-electron chi connectivity index (χ0n) is 17.8. The Morgan fingerprint density at radius 2 is 1.69 bits per heavy atom. The first-order valence-electron chi connectivity index (χ1n) is 11.4. The van der Waals surface area contributed by atoms with Crippen molar-refractivity contribution < 1.29 is 4.39 Å². The number of likely N-dealkylation sites (tertiary alicyclic amines) is 1. The van der Waals surface area contributed by atoms with Crippen molar-refractivity contribution in [3.8, 4) is 0 Å². The average Bonchev–Trinajstić information content (AvgIpc) is 2.75. The second kappa shape index (κ2) is 9.40. The maximum absolute atomic E-state index is 14.7. The lowest BCUT2D eigenvalue weighted by atomic mass is 9.76. The maximum Gasteiger partial charge on any atom is 0.128 e. The highest BCUT2D eigenvalue weighted by molar-refractivity contribution is 5.29. The smallest absolute Gasteiger partial charge is 0.128 e. The largest absolute Gasteiger partial charge is 0.306 e. The second-order valence-corrected chi connectivity index (χ2v) is 9.25. The third kappa shape index (κ3) is 5.07. The Labute approximate surface area is 175 Å². The summed E-state index contributed by atoms with van der Waals surface area (Å²) in [6.07, 6.45) is 9.40. The van der Waals surface area contributed by atoms with Gasteiger partial charge in [-0.05, 0) is 75.4 Å². The Morgan fingerprint density at radius 3 is 2.45 bits per heavy atom. The molecule has 0 aromatic heterocycles. The third-order valence-electron chi connectivity index (χ3n) is 7.08. The fraction of sp³-hybridized carbons (Fsp3) is 0.538. The standard InChI is InChI=1S/C26H35FN2/c1-29-16-12-21(13-17-29)18-22-8-7-9-23(19-22)20-28-26(14-5-2-6-15-26)24-10-3-4-11-25(24)27/h3-4,7-11,19,21,28H,2,5-6,12-18,20H2,1H3. The van der Waals surface area contributed by atoms with Crippen LogP contribution < -0.4 is 5.32 Å². The molecule has 2 aliphatic rings. The molecule has 2 nitrogen and oxygen atoms in total. The summed E-state index contributed by atoms with van der Waals surface area (Å²) >= 11 is 0. The maximum atomic E-state index is 14.7. The van der Waals surface area contributed by atoms with Gasteiger partial charge in [0.15, 0.2) is 0 Å². The van der Waals surface area contributed by atoms with Crippen LogP contribution in [0.25, 0.3) is 0 Å². The lowest BCUT2D eigenvalue weighted by Gasteiger charge is -2.39. The van der Waals surface area contributed by atoms with Crippen LogP contribution in [0.3, 0.4) is 0 Å². The van der Waals surface area contributed by atoms with Gasteiger partial charge in [0, 0.05) is 17.6 Å². The first kappa shape index (κ1) is 20.6. The molecule has 0 radical (unpaired) electrons. The van der Waals surface area contributed by atoms with E-state index in [2.05, 4.69) is 41.5 Å². The van der Waals surface area contributed by atoms with Crippen molar-refractivity contribution in [2.75, 3.05) is 20.1 Å². The van der Waals surface area contributed by atoms with Crippen molar-refractivity contribution in [3.63, 3.8) is 0 Å². The molecule has 2 fully saturated rings. The van der Waals surface area contributed by atoms with Crippen LogP contribution in [0.4, 0.5) is 4.39 Å². The van der Waals surface area contributed by atoms with E-state index in [1.165, 1.54) is 49.9 Å². The zero-order valence-corrected chi connectivity index (χ0v) is 17.8. The van der Waals surface area contributed by atoms with Crippen LogP contribution in [0, 0.1) is 11.7 Å². The Hall–Kier alpha value is -1.71. The molecule has 4 rings (SSSR count). The summed E-state index contributed by atoms with van der Waals surface area (Å²) < 4.78 is 14.7. The lowest BCUT2D eigenvalue weighted by molar-refractivity contribution is 0.219. The number of halogens is 1. The van der Waals surface area contributed by atoms with Gasteiger partial charge in [0.2, 0.25) is 0 Å². The monoisotopic (exact) mass is 394 g/mol. The first-order valence-corrected chi connectivity index (χ1v) is 11.4. The number of hydrogen-bond donors (Lipinski definition) is 1. The normalized spacial score (nSPS) is 20.6. The number of benzene rings is 2. The van der Waals surface area contributed by atoms with E-state index >= 15 is 0 Å². The van der Waals surface area contributed by atoms with Gasteiger partial charge >= 0.3 is 0 Å². The van der Waals surface area contributed by atoms with Crippen molar-refractivity contribution in [3.05, 3.63) is 71.0 Å².